The maximum atomic E-state index is 6.44. The van der Waals surface area contributed by atoms with Crippen molar-refractivity contribution in [2.24, 2.45) is 0 Å². The van der Waals surface area contributed by atoms with Gasteiger partial charge in [0.05, 0.1) is 44.8 Å². The quantitative estimate of drug-likeness (QED) is 0.166. The minimum Gasteiger partial charge on any atom is -0.453 e. The largest absolute Gasteiger partial charge is 0.453 e. The second-order valence-electron chi connectivity index (χ2n) is 19.7. The van der Waals surface area contributed by atoms with Gasteiger partial charge in [0.1, 0.15) is 0 Å². The number of nitrogens with zero attached hydrogens (tertiary/aromatic N) is 4. The highest BCUT2D eigenvalue weighted by atomic mass is 16.5. The van der Waals surface area contributed by atoms with Crippen LogP contribution in [0.2, 0.25) is 0 Å². The molecular formula is C76H60N4O2. The highest BCUT2D eigenvalue weighted by Crippen LogP contribution is 2.54. The highest BCUT2D eigenvalue weighted by Gasteiger charge is 2.28. The van der Waals surface area contributed by atoms with E-state index < -0.39 is 0 Å². The molecule has 2 aliphatic heterocycles. The molecule has 0 saturated heterocycles. The zero-order valence-electron chi connectivity index (χ0n) is 46.3. The fraction of sp³-hybridized carbons (Fsp3) is 0.0526. The van der Waals surface area contributed by atoms with Gasteiger partial charge in [-0.25, -0.2) is 0 Å². The Balaban J connectivity index is 0.000000145. The molecule has 0 fully saturated rings. The minimum absolute atomic E-state index is 0.815. The molecule has 6 heteroatoms. The Bertz CT molecular complexity index is 4280. The van der Waals surface area contributed by atoms with Crippen LogP contribution in [0.1, 0.15) is 27.7 Å². The van der Waals surface area contributed by atoms with E-state index in [1.807, 2.05) is 76.2 Å². The van der Waals surface area contributed by atoms with Gasteiger partial charge in [-0.2, -0.15) is 0 Å². The van der Waals surface area contributed by atoms with Crippen molar-refractivity contribution < 1.29 is 9.47 Å². The summed E-state index contributed by atoms with van der Waals surface area (Å²) < 4.78 is 17.6. The number of ether oxygens (including phenoxy) is 2. The third-order valence-corrected chi connectivity index (χ3v) is 15.1. The molecule has 396 valence electrons. The first kappa shape index (κ1) is 50.9. The average Bonchev–Trinajstić information content (AvgIpc) is 4.22. The lowest BCUT2D eigenvalue weighted by molar-refractivity contribution is 0.476. The van der Waals surface area contributed by atoms with Crippen LogP contribution in [0.3, 0.4) is 0 Å². The smallest absolute Gasteiger partial charge is 0.152 e. The Labute approximate surface area is 479 Å². The van der Waals surface area contributed by atoms with Crippen molar-refractivity contribution >= 4 is 77.7 Å². The van der Waals surface area contributed by atoms with Gasteiger partial charge in [-0.1, -0.05) is 185 Å². The fourth-order valence-electron chi connectivity index (χ4n) is 11.6. The Kier molecular flexibility index (Phi) is 13.8. The van der Waals surface area contributed by atoms with Crippen LogP contribution in [0, 0.1) is 0 Å². The van der Waals surface area contributed by atoms with E-state index in [0.717, 1.165) is 68.2 Å². The van der Waals surface area contributed by atoms with Crippen molar-refractivity contribution in [2.45, 2.75) is 27.7 Å². The molecule has 0 aliphatic carbocycles. The Morgan fingerprint density at radius 3 is 0.915 bits per heavy atom. The normalized spacial score (nSPS) is 11.8. The van der Waals surface area contributed by atoms with Crippen LogP contribution in [-0.4, -0.2) is 9.13 Å². The number of anilines is 6. The van der Waals surface area contributed by atoms with E-state index in [0.29, 0.717) is 0 Å². The topological polar surface area (TPSA) is 34.8 Å². The molecule has 4 heterocycles. The Hall–Kier alpha value is -10.6. The van der Waals surface area contributed by atoms with Gasteiger partial charge in [-0.3, -0.25) is 0 Å². The zero-order valence-corrected chi connectivity index (χ0v) is 46.3. The highest BCUT2D eigenvalue weighted by molar-refractivity contribution is 6.13. The van der Waals surface area contributed by atoms with E-state index in [9.17, 15) is 0 Å². The van der Waals surface area contributed by atoms with Crippen molar-refractivity contribution in [1.82, 2.24) is 9.13 Å². The first-order chi connectivity index (χ1) is 40.7. The number of aromatic nitrogens is 2. The SMILES string of the molecule is CC.CC.c1ccc(-n2c3ccccc3c3cc(-c4ccc5c(c4)c4ccccc4n5-c4ccccc4)ccc32)cc1.c1ccc(N2c3ccccc3Oc3cc(-c4ccc5c(c4)Oc4ccccc4N5c4ccccc4)ccc32)cc1. The van der Waals surface area contributed by atoms with Gasteiger partial charge >= 0.3 is 0 Å². The van der Waals surface area contributed by atoms with Crippen LogP contribution < -0.4 is 19.3 Å². The summed E-state index contributed by atoms with van der Waals surface area (Å²) in [5.41, 5.74) is 18.1. The summed E-state index contributed by atoms with van der Waals surface area (Å²) in [4.78, 5) is 4.51. The molecule has 16 rings (SSSR count). The molecule has 0 radical (unpaired) electrons. The zero-order chi connectivity index (χ0) is 55.5. The molecule has 0 N–H and O–H groups in total. The lowest BCUT2D eigenvalue weighted by atomic mass is 10.0. The molecule has 14 aromatic rings. The van der Waals surface area contributed by atoms with E-state index in [1.54, 1.807) is 0 Å². The van der Waals surface area contributed by atoms with Gasteiger partial charge in [0.15, 0.2) is 23.0 Å². The summed E-state index contributed by atoms with van der Waals surface area (Å²) in [7, 11) is 0. The van der Waals surface area contributed by atoms with Gasteiger partial charge in [-0.15, -0.1) is 0 Å². The minimum atomic E-state index is 0.815. The van der Waals surface area contributed by atoms with E-state index in [-0.39, 0.29) is 0 Å². The number of fused-ring (bicyclic) bond motifs is 10. The lowest BCUT2D eigenvalue weighted by Crippen LogP contribution is -2.16. The van der Waals surface area contributed by atoms with Crippen molar-refractivity contribution in [1.29, 1.82) is 0 Å². The van der Waals surface area contributed by atoms with Crippen LogP contribution in [0.15, 0.2) is 291 Å². The van der Waals surface area contributed by atoms with Gasteiger partial charge in [0, 0.05) is 44.3 Å². The van der Waals surface area contributed by atoms with Gasteiger partial charge in [0.25, 0.3) is 0 Å². The van der Waals surface area contributed by atoms with E-state index >= 15 is 0 Å². The van der Waals surface area contributed by atoms with Crippen LogP contribution in [0.5, 0.6) is 23.0 Å². The van der Waals surface area contributed by atoms with Crippen molar-refractivity contribution in [3.05, 3.63) is 291 Å². The van der Waals surface area contributed by atoms with Crippen LogP contribution in [-0.2, 0) is 0 Å². The summed E-state index contributed by atoms with van der Waals surface area (Å²) in [6.07, 6.45) is 0. The Morgan fingerprint density at radius 2 is 0.512 bits per heavy atom. The lowest BCUT2D eigenvalue weighted by Gasteiger charge is -2.33. The molecular weight excluding hydrogens is 1000 g/mol. The van der Waals surface area contributed by atoms with Crippen LogP contribution in [0.25, 0.3) is 77.2 Å². The average molecular weight is 1060 g/mol. The predicted octanol–water partition coefficient (Wildman–Crippen LogP) is 22.1. The summed E-state index contributed by atoms with van der Waals surface area (Å²) >= 11 is 0. The van der Waals surface area contributed by atoms with Crippen molar-refractivity contribution in [3.63, 3.8) is 0 Å². The summed E-state index contributed by atoms with van der Waals surface area (Å²) in [5.74, 6) is 3.30. The van der Waals surface area contributed by atoms with E-state index in [4.69, 9.17) is 9.47 Å². The van der Waals surface area contributed by atoms with Gasteiger partial charge in [0.2, 0.25) is 0 Å². The maximum absolute atomic E-state index is 6.44. The molecule has 0 saturated carbocycles. The first-order valence-electron chi connectivity index (χ1n) is 28.4. The molecule has 2 aromatic heterocycles. The third kappa shape index (κ3) is 9.06. The third-order valence-electron chi connectivity index (χ3n) is 15.1. The Morgan fingerprint density at radius 1 is 0.220 bits per heavy atom. The number of benzene rings is 12. The number of para-hydroxylation sites is 10. The van der Waals surface area contributed by atoms with Gasteiger partial charge in [-0.05, 0) is 156 Å². The van der Waals surface area contributed by atoms with Crippen molar-refractivity contribution in [2.75, 3.05) is 9.80 Å². The van der Waals surface area contributed by atoms with Crippen molar-refractivity contribution in [3.8, 4) is 56.6 Å². The molecule has 0 unspecified atom stereocenters. The molecule has 82 heavy (non-hydrogen) atoms. The second kappa shape index (κ2) is 22.3. The van der Waals surface area contributed by atoms with Crippen LogP contribution >= 0.6 is 0 Å². The molecule has 0 atom stereocenters. The summed E-state index contributed by atoms with van der Waals surface area (Å²) in [5, 5.41) is 5.09. The van der Waals surface area contributed by atoms with E-state index in [1.165, 1.54) is 66.1 Å². The molecule has 2 aliphatic rings. The monoisotopic (exact) mass is 1060 g/mol. The number of hydrogen-bond acceptors (Lipinski definition) is 4. The number of rotatable bonds is 6. The van der Waals surface area contributed by atoms with Gasteiger partial charge < -0.3 is 28.4 Å². The number of hydrogen-bond donors (Lipinski definition) is 0. The predicted molar refractivity (Wildman–Crippen MR) is 345 cm³/mol. The first-order valence-corrected chi connectivity index (χ1v) is 28.4. The molecule has 0 bridgehead atoms. The molecule has 0 amide bonds. The van der Waals surface area contributed by atoms with E-state index in [2.05, 4.69) is 262 Å². The molecule has 0 spiro atoms. The fourth-order valence-corrected chi connectivity index (χ4v) is 11.6. The standard InChI is InChI=1S/C36H24N2O2.C36H24N2.2C2H6/c1-3-11-27(12-4-1)37-29-15-7-9-17-33(29)39-35-23-25(19-21-31(35)37)26-20-22-32-36(24-26)40-34-18-10-8-16-30(34)38(32)28-13-5-2-6-14-28;1-3-11-27(12-4-1)37-33-17-9-7-15-29(33)31-23-25(19-21-35(31)37)26-20-22-36-32(24-26)30-16-8-10-18-34(30)38(36)28-13-5-2-6-14-28;2*1-2/h1-24H;1-24H;2*1-2H3. The summed E-state index contributed by atoms with van der Waals surface area (Å²) in [6.45, 7) is 8.00. The maximum Gasteiger partial charge on any atom is 0.152 e. The summed E-state index contributed by atoms with van der Waals surface area (Å²) in [6, 6.07) is 102. The molecule has 12 aromatic carbocycles. The van der Waals surface area contributed by atoms with Crippen LogP contribution in [0.4, 0.5) is 34.1 Å². The second-order valence-corrected chi connectivity index (χ2v) is 19.7. The molecule has 6 nitrogen and oxygen atoms in total.